The van der Waals surface area contributed by atoms with Gasteiger partial charge < -0.3 is 0 Å². The molecule has 0 atom stereocenters. The lowest BCUT2D eigenvalue weighted by Crippen LogP contribution is -2.18. The van der Waals surface area contributed by atoms with Gasteiger partial charge in [-0.2, -0.15) is 14.9 Å². The number of pyridine rings is 1. The summed E-state index contributed by atoms with van der Waals surface area (Å²) in [6.07, 6.45) is 7.09. The van der Waals surface area contributed by atoms with E-state index in [-0.39, 0.29) is 5.56 Å². The Balaban J connectivity index is 1.48. The molecule has 4 aromatic rings. The predicted octanol–water partition coefficient (Wildman–Crippen LogP) is 3.62. The molecule has 0 spiro atoms. The molecule has 0 radical (unpaired) electrons. The van der Waals surface area contributed by atoms with Crippen LogP contribution >= 0.6 is 0 Å². The van der Waals surface area contributed by atoms with Crippen molar-refractivity contribution in [1.29, 1.82) is 0 Å². The minimum atomic E-state index is -0.229. The van der Waals surface area contributed by atoms with Gasteiger partial charge in [-0.15, -0.1) is 0 Å². The molecule has 0 bridgehead atoms. The van der Waals surface area contributed by atoms with Crippen LogP contribution in [0.15, 0.2) is 90.4 Å². The first-order valence-corrected chi connectivity index (χ1v) is 10.6. The number of imidazole rings is 1. The zero-order valence-electron chi connectivity index (χ0n) is 17.8. The van der Waals surface area contributed by atoms with Crippen LogP contribution in [0.25, 0.3) is 33.8 Å². The molecule has 8 heteroatoms. The number of rotatable bonds is 4. The summed E-state index contributed by atoms with van der Waals surface area (Å²) in [6, 6.07) is 19.5. The van der Waals surface area contributed by atoms with Crippen LogP contribution in [0.5, 0.6) is 0 Å². The lowest BCUT2D eigenvalue weighted by atomic mass is 10.1. The van der Waals surface area contributed by atoms with Gasteiger partial charge in [0.25, 0.3) is 0 Å². The molecule has 2 aromatic heterocycles. The first kappa shape index (κ1) is 19.1. The van der Waals surface area contributed by atoms with E-state index < -0.39 is 0 Å². The Bertz CT molecular complexity index is 1610. The van der Waals surface area contributed by atoms with Crippen LogP contribution in [0.4, 0.5) is 0 Å². The number of hydrogen-bond donors (Lipinski definition) is 0. The number of nitrogens with zero attached hydrogens (tertiary/aromatic N) is 7. The van der Waals surface area contributed by atoms with Gasteiger partial charge in [0, 0.05) is 24.0 Å². The van der Waals surface area contributed by atoms with E-state index in [9.17, 15) is 4.79 Å². The molecule has 0 saturated heterocycles. The van der Waals surface area contributed by atoms with Gasteiger partial charge in [-0.1, -0.05) is 42.5 Å². The van der Waals surface area contributed by atoms with Crippen LogP contribution in [0.2, 0.25) is 0 Å². The summed E-state index contributed by atoms with van der Waals surface area (Å²) in [5.74, 6) is 0.788. The molecule has 0 saturated carbocycles. The molecule has 0 N–H and O–H groups in total. The number of aryl methyl sites for hydroxylation is 1. The highest BCUT2D eigenvalue weighted by molar-refractivity contribution is 5.92. The van der Waals surface area contributed by atoms with Gasteiger partial charge in [0.2, 0.25) is 0 Å². The first-order valence-electron chi connectivity index (χ1n) is 10.6. The number of benzene rings is 2. The first-order chi connectivity index (χ1) is 16.2. The van der Waals surface area contributed by atoms with Crippen molar-refractivity contribution in [2.75, 3.05) is 0 Å². The fraction of sp³-hybridized carbons (Fsp3) is 0.0800. The van der Waals surface area contributed by atoms with Crippen LogP contribution in [-0.4, -0.2) is 34.1 Å². The summed E-state index contributed by atoms with van der Waals surface area (Å²) in [5, 5.41) is 10.3. The van der Waals surface area contributed by atoms with E-state index in [1.54, 1.807) is 12.5 Å². The Kier molecular flexibility index (Phi) is 4.36. The van der Waals surface area contributed by atoms with Crippen molar-refractivity contribution in [2.24, 2.45) is 0 Å². The highest BCUT2D eigenvalue weighted by Crippen LogP contribution is 2.27. The molecular weight excluding hydrogens is 414 g/mol. The van der Waals surface area contributed by atoms with Gasteiger partial charge in [0.05, 0.1) is 17.7 Å². The third kappa shape index (κ3) is 3.20. The van der Waals surface area contributed by atoms with Crippen LogP contribution in [0.3, 0.4) is 0 Å². The van der Waals surface area contributed by atoms with Crippen molar-refractivity contribution in [3.8, 4) is 22.9 Å². The van der Waals surface area contributed by atoms with Gasteiger partial charge in [-0.3, -0.25) is 14.0 Å². The molecule has 0 unspecified atom stereocenters. The van der Waals surface area contributed by atoms with E-state index in [4.69, 9.17) is 5.10 Å². The molecule has 4 heterocycles. The van der Waals surface area contributed by atoms with E-state index in [0.29, 0.717) is 17.9 Å². The molecule has 2 aliphatic rings. The van der Waals surface area contributed by atoms with Crippen LogP contribution < -0.4 is 5.56 Å². The zero-order chi connectivity index (χ0) is 22.4. The monoisotopic (exact) mass is 433 g/mol. The van der Waals surface area contributed by atoms with E-state index in [2.05, 4.69) is 15.1 Å². The average Bonchev–Trinajstić information content (AvgIpc) is 3.49. The molecule has 2 aromatic carbocycles. The molecule has 33 heavy (non-hydrogen) atoms. The number of aromatic nitrogens is 7. The summed E-state index contributed by atoms with van der Waals surface area (Å²) in [6.45, 7) is 2.44. The fourth-order valence-electron chi connectivity index (χ4n) is 4.05. The molecule has 2 aliphatic heterocycles. The summed E-state index contributed by atoms with van der Waals surface area (Å²) in [5.41, 5.74) is 4.33. The SMILES string of the molecule is Cc1ccccc1-n1nc2c3ccccc3n(Cc3ccc(-n4ccnc4)nc3)nc-2c1=O. The summed E-state index contributed by atoms with van der Waals surface area (Å²) in [4.78, 5) is 21.9. The topological polar surface area (TPSA) is 83.4 Å². The maximum absolute atomic E-state index is 13.3. The number of fused-ring (bicyclic) bond motifs is 3. The minimum Gasteiger partial charge on any atom is -0.291 e. The Morgan fingerprint density at radius 3 is 2.55 bits per heavy atom. The molecule has 8 nitrogen and oxygen atoms in total. The number of para-hydroxylation sites is 2. The third-order valence-corrected chi connectivity index (χ3v) is 5.73. The van der Waals surface area contributed by atoms with Crippen LogP contribution in [0.1, 0.15) is 11.1 Å². The zero-order valence-corrected chi connectivity index (χ0v) is 17.8. The molecule has 0 fully saturated rings. The normalized spacial score (nSPS) is 11.4. The lowest BCUT2D eigenvalue weighted by molar-refractivity contribution is 0.696. The van der Waals surface area contributed by atoms with E-state index in [0.717, 1.165) is 33.5 Å². The Morgan fingerprint density at radius 2 is 1.76 bits per heavy atom. The second-order valence-corrected chi connectivity index (χ2v) is 7.87. The predicted molar refractivity (Wildman–Crippen MR) is 125 cm³/mol. The van der Waals surface area contributed by atoms with Crippen LogP contribution in [-0.2, 0) is 6.54 Å². The molecular formula is C25H19N7O. The molecule has 160 valence electrons. The van der Waals surface area contributed by atoms with Crippen molar-refractivity contribution in [2.45, 2.75) is 13.5 Å². The number of hydrogen-bond acceptors (Lipinski definition) is 5. The quantitative estimate of drug-likeness (QED) is 0.424. The van der Waals surface area contributed by atoms with Gasteiger partial charge in [-0.25, -0.2) is 9.97 Å². The van der Waals surface area contributed by atoms with Crippen molar-refractivity contribution in [3.63, 3.8) is 0 Å². The fourth-order valence-corrected chi connectivity index (χ4v) is 4.05. The second kappa shape index (κ2) is 7.52. The Hall–Kier alpha value is -4.59. The van der Waals surface area contributed by atoms with Crippen LogP contribution in [0, 0.1) is 6.92 Å². The lowest BCUT2D eigenvalue weighted by Gasteiger charge is -2.12. The smallest absolute Gasteiger partial charge is 0.291 e. The molecule has 0 aliphatic carbocycles. The summed E-state index contributed by atoms with van der Waals surface area (Å²) < 4.78 is 5.14. The second-order valence-electron chi connectivity index (χ2n) is 7.87. The van der Waals surface area contributed by atoms with Gasteiger partial charge in [0.1, 0.15) is 17.8 Å². The largest absolute Gasteiger partial charge is 0.301 e. The van der Waals surface area contributed by atoms with E-state index in [1.165, 1.54) is 4.68 Å². The molecule has 6 rings (SSSR count). The Labute approximate surface area is 188 Å². The summed E-state index contributed by atoms with van der Waals surface area (Å²) >= 11 is 0. The highest BCUT2D eigenvalue weighted by atomic mass is 16.1. The maximum atomic E-state index is 13.3. The van der Waals surface area contributed by atoms with Crippen molar-refractivity contribution in [1.82, 2.24) is 34.1 Å². The Morgan fingerprint density at radius 1 is 0.909 bits per heavy atom. The van der Waals surface area contributed by atoms with E-state index in [1.807, 2.05) is 89.2 Å². The van der Waals surface area contributed by atoms with Gasteiger partial charge >= 0.3 is 5.56 Å². The highest BCUT2D eigenvalue weighted by Gasteiger charge is 2.23. The van der Waals surface area contributed by atoms with Crippen molar-refractivity contribution < 1.29 is 0 Å². The van der Waals surface area contributed by atoms with Gasteiger partial charge in [0.15, 0.2) is 5.69 Å². The summed E-state index contributed by atoms with van der Waals surface area (Å²) in [7, 11) is 0. The maximum Gasteiger partial charge on any atom is 0.301 e. The average molecular weight is 433 g/mol. The third-order valence-electron chi connectivity index (χ3n) is 5.73. The van der Waals surface area contributed by atoms with Crippen molar-refractivity contribution in [3.05, 3.63) is 107 Å². The molecule has 0 amide bonds. The standard InChI is InChI=1S/C25H19N7O/c1-17-6-2-4-8-20(17)32-25(33)24-23(29-32)19-7-3-5-9-21(19)31(28-24)15-18-10-11-22(27-14-18)30-13-12-26-16-30/h2-14,16H,15H2,1H3. The minimum absolute atomic E-state index is 0.229. The van der Waals surface area contributed by atoms with E-state index >= 15 is 0 Å². The van der Waals surface area contributed by atoms with Crippen molar-refractivity contribution >= 4 is 10.9 Å². The van der Waals surface area contributed by atoms with Gasteiger partial charge in [-0.05, 0) is 36.2 Å².